The Kier molecular flexibility index (Phi) is 7.46. The Morgan fingerprint density at radius 2 is 1.63 bits per heavy atom. The molecule has 30 heavy (non-hydrogen) atoms. The molecule has 2 aromatic carbocycles. The van der Waals surface area contributed by atoms with Crippen LogP contribution in [-0.4, -0.2) is 62.3 Å². The van der Waals surface area contributed by atoms with Crippen LogP contribution in [0, 0.1) is 0 Å². The van der Waals surface area contributed by atoms with Gasteiger partial charge in [-0.25, -0.2) is 13.2 Å². The number of piperazine rings is 1. The first-order chi connectivity index (χ1) is 14.4. The zero-order valence-electron chi connectivity index (χ0n) is 16.3. The van der Waals surface area contributed by atoms with Gasteiger partial charge in [-0.15, -0.1) is 0 Å². The van der Waals surface area contributed by atoms with Crippen molar-refractivity contribution >= 4 is 37.9 Å². The minimum absolute atomic E-state index is 0.140. The average molecular weight is 495 g/mol. The van der Waals surface area contributed by atoms with Crippen molar-refractivity contribution in [3.63, 3.8) is 0 Å². The number of nitrogens with zero attached hydrogens (tertiary/aromatic N) is 2. The van der Waals surface area contributed by atoms with Crippen molar-refractivity contribution in [1.82, 2.24) is 19.8 Å². The van der Waals surface area contributed by atoms with Crippen LogP contribution in [0.2, 0.25) is 0 Å². The van der Waals surface area contributed by atoms with Crippen molar-refractivity contribution in [3.8, 4) is 0 Å². The standard InChI is InChI=1S/C20H23BrN4O4S/c21-17-7-4-8-18(13-17)30(28,29)25-11-9-24(10-12-25)19(26)15-23-20(27)22-14-16-5-2-1-3-6-16/h1-8,13H,9-12,14-15H2,(H2,22,23,27). The van der Waals surface area contributed by atoms with E-state index < -0.39 is 16.1 Å². The number of carbonyl (C=O) groups excluding carboxylic acids is 2. The zero-order chi connectivity index (χ0) is 21.6. The van der Waals surface area contributed by atoms with E-state index in [-0.39, 0.29) is 43.5 Å². The summed E-state index contributed by atoms with van der Waals surface area (Å²) in [6.45, 7) is 1.20. The summed E-state index contributed by atoms with van der Waals surface area (Å²) in [5.74, 6) is -0.246. The molecule has 2 aromatic rings. The highest BCUT2D eigenvalue weighted by Crippen LogP contribution is 2.21. The summed E-state index contributed by atoms with van der Waals surface area (Å²) >= 11 is 3.28. The lowest BCUT2D eigenvalue weighted by molar-refractivity contribution is -0.131. The molecule has 1 fully saturated rings. The van der Waals surface area contributed by atoms with E-state index in [1.807, 2.05) is 30.3 Å². The van der Waals surface area contributed by atoms with E-state index in [2.05, 4.69) is 26.6 Å². The van der Waals surface area contributed by atoms with E-state index in [9.17, 15) is 18.0 Å². The van der Waals surface area contributed by atoms with Gasteiger partial charge < -0.3 is 15.5 Å². The van der Waals surface area contributed by atoms with Crippen molar-refractivity contribution in [2.45, 2.75) is 11.4 Å². The third kappa shape index (κ3) is 5.80. The maximum absolute atomic E-state index is 12.8. The second kappa shape index (κ2) is 10.1. The Bertz CT molecular complexity index is 993. The molecule has 0 aromatic heterocycles. The molecule has 0 radical (unpaired) electrons. The fourth-order valence-corrected chi connectivity index (χ4v) is 5.08. The molecule has 160 valence electrons. The predicted octanol–water partition coefficient (Wildman–Crippen LogP) is 1.78. The number of nitrogens with one attached hydrogen (secondary N) is 2. The number of urea groups is 1. The number of carbonyl (C=O) groups is 2. The summed E-state index contributed by atoms with van der Waals surface area (Å²) in [5.41, 5.74) is 0.960. The van der Waals surface area contributed by atoms with Gasteiger partial charge in [0.1, 0.15) is 0 Å². The van der Waals surface area contributed by atoms with E-state index in [1.165, 1.54) is 4.31 Å². The van der Waals surface area contributed by atoms with Gasteiger partial charge in [0.25, 0.3) is 0 Å². The lowest BCUT2D eigenvalue weighted by atomic mass is 10.2. The van der Waals surface area contributed by atoms with Crippen molar-refractivity contribution in [3.05, 3.63) is 64.6 Å². The number of amides is 3. The van der Waals surface area contributed by atoms with Crippen LogP contribution in [0.1, 0.15) is 5.56 Å². The Labute approximate surface area is 184 Å². The average Bonchev–Trinajstić information content (AvgIpc) is 2.77. The molecule has 8 nitrogen and oxygen atoms in total. The zero-order valence-corrected chi connectivity index (χ0v) is 18.7. The monoisotopic (exact) mass is 494 g/mol. The second-order valence-electron chi connectivity index (χ2n) is 6.76. The van der Waals surface area contributed by atoms with Crippen molar-refractivity contribution < 1.29 is 18.0 Å². The molecule has 3 amide bonds. The lowest BCUT2D eigenvalue weighted by Crippen LogP contribution is -2.53. The van der Waals surface area contributed by atoms with E-state index in [1.54, 1.807) is 29.2 Å². The minimum atomic E-state index is -3.61. The smallest absolute Gasteiger partial charge is 0.315 e. The first kappa shape index (κ1) is 22.3. The summed E-state index contributed by atoms with van der Waals surface area (Å²) in [5, 5.41) is 5.24. The normalized spacial score (nSPS) is 14.9. The second-order valence-corrected chi connectivity index (χ2v) is 9.62. The molecule has 0 aliphatic carbocycles. The summed E-state index contributed by atoms with van der Waals surface area (Å²) in [7, 11) is -3.61. The third-order valence-electron chi connectivity index (χ3n) is 4.72. The highest BCUT2D eigenvalue weighted by atomic mass is 79.9. The van der Waals surface area contributed by atoms with Crippen LogP contribution >= 0.6 is 15.9 Å². The summed E-state index contributed by atoms with van der Waals surface area (Å²) in [4.78, 5) is 26.0. The van der Waals surface area contributed by atoms with Crippen LogP contribution in [0.15, 0.2) is 64.0 Å². The predicted molar refractivity (Wildman–Crippen MR) is 116 cm³/mol. The number of hydrogen-bond acceptors (Lipinski definition) is 4. The Hall–Kier alpha value is -2.43. The van der Waals surface area contributed by atoms with Crippen molar-refractivity contribution in [2.75, 3.05) is 32.7 Å². The van der Waals surface area contributed by atoms with Crippen LogP contribution in [0.25, 0.3) is 0 Å². The quantitative estimate of drug-likeness (QED) is 0.639. The molecule has 0 unspecified atom stereocenters. The molecule has 3 rings (SSSR count). The molecule has 1 aliphatic rings. The van der Waals surface area contributed by atoms with E-state index in [0.717, 1.165) is 5.56 Å². The Balaban J connectivity index is 1.44. The topological polar surface area (TPSA) is 98.8 Å². The van der Waals surface area contributed by atoms with Gasteiger partial charge in [-0.05, 0) is 23.8 Å². The van der Waals surface area contributed by atoms with Crippen LogP contribution in [0.4, 0.5) is 4.79 Å². The molecule has 0 bridgehead atoms. The lowest BCUT2D eigenvalue weighted by Gasteiger charge is -2.34. The fraction of sp³-hybridized carbons (Fsp3) is 0.300. The van der Waals surface area contributed by atoms with Gasteiger partial charge in [0.05, 0.1) is 11.4 Å². The SMILES string of the molecule is O=C(NCC(=O)N1CCN(S(=O)(=O)c2cccc(Br)c2)CC1)NCc1ccccc1. The van der Waals surface area contributed by atoms with Gasteiger partial charge in [-0.3, -0.25) is 4.79 Å². The molecule has 1 saturated heterocycles. The van der Waals surface area contributed by atoms with E-state index in [0.29, 0.717) is 11.0 Å². The first-order valence-electron chi connectivity index (χ1n) is 9.45. The molecule has 0 atom stereocenters. The van der Waals surface area contributed by atoms with Crippen molar-refractivity contribution in [2.24, 2.45) is 0 Å². The van der Waals surface area contributed by atoms with Crippen LogP contribution < -0.4 is 10.6 Å². The first-order valence-corrected chi connectivity index (χ1v) is 11.7. The van der Waals surface area contributed by atoms with Crippen LogP contribution in [-0.2, 0) is 21.4 Å². The molecular formula is C20H23BrN4O4S. The summed E-state index contributed by atoms with van der Waals surface area (Å²) in [6.07, 6.45) is 0. The highest BCUT2D eigenvalue weighted by molar-refractivity contribution is 9.10. The largest absolute Gasteiger partial charge is 0.339 e. The molecule has 0 spiro atoms. The molecule has 10 heteroatoms. The Morgan fingerprint density at radius 1 is 0.933 bits per heavy atom. The third-order valence-corrected chi connectivity index (χ3v) is 7.11. The Morgan fingerprint density at radius 3 is 2.30 bits per heavy atom. The number of sulfonamides is 1. The molecule has 0 saturated carbocycles. The van der Waals surface area contributed by atoms with Crippen molar-refractivity contribution in [1.29, 1.82) is 0 Å². The molecule has 1 heterocycles. The van der Waals surface area contributed by atoms with E-state index >= 15 is 0 Å². The summed E-state index contributed by atoms with van der Waals surface area (Å²) < 4.78 is 27.6. The van der Waals surface area contributed by atoms with Gasteiger partial charge in [0, 0.05) is 37.2 Å². The van der Waals surface area contributed by atoms with Gasteiger partial charge in [-0.2, -0.15) is 4.31 Å². The maximum Gasteiger partial charge on any atom is 0.315 e. The number of rotatable bonds is 6. The number of benzene rings is 2. The number of halogens is 1. The highest BCUT2D eigenvalue weighted by Gasteiger charge is 2.30. The fourth-order valence-electron chi connectivity index (χ4n) is 3.06. The number of hydrogen-bond donors (Lipinski definition) is 2. The molecule has 2 N–H and O–H groups in total. The van der Waals surface area contributed by atoms with Gasteiger partial charge in [0.15, 0.2) is 0 Å². The van der Waals surface area contributed by atoms with Gasteiger partial charge in [0.2, 0.25) is 15.9 Å². The molecular weight excluding hydrogens is 472 g/mol. The van der Waals surface area contributed by atoms with Gasteiger partial charge in [-0.1, -0.05) is 52.3 Å². The van der Waals surface area contributed by atoms with Gasteiger partial charge >= 0.3 is 6.03 Å². The minimum Gasteiger partial charge on any atom is -0.339 e. The summed E-state index contributed by atoms with van der Waals surface area (Å²) in [6, 6.07) is 15.6. The molecule has 1 aliphatic heterocycles. The van der Waals surface area contributed by atoms with Crippen LogP contribution in [0.5, 0.6) is 0 Å². The maximum atomic E-state index is 12.8. The van der Waals surface area contributed by atoms with E-state index in [4.69, 9.17) is 0 Å². The van der Waals surface area contributed by atoms with Crippen LogP contribution in [0.3, 0.4) is 0 Å².